The van der Waals surface area contributed by atoms with Crippen LogP contribution in [0.25, 0.3) is 0 Å². The quantitative estimate of drug-likeness (QED) is 0.322. The first-order valence-corrected chi connectivity index (χ1v) is 10.2. The third-order valence-electron chi connectivity index (χ3n) is 5.94. The molecule has 0 spiro atoms. The van der Waals surface area contributed by atoms with Gasteiger partial charge in [0.1, 0.15) is 0 Å². The first-order chi connectivity index (χ1) is 10.8. The van der Waals surface area contributed by atoms with Crippen molar-refractivity contribution >= 4 is 0 Å². The van der Waals surface area contributed by atoms with E-state index < -0.39 is 0 Å². The second kappa shape index (κ2) is 10.5. The Morgan fingerprint density at radius 2 is 1.59 bits per heavy atom. The third-order valence-corrected chi connectivity index (χ3v) is 5.94. The van der Waals surface area contributed by atoms with E-state index in [1.165, 1.54) is 89.9 Å². The Bertz CT molecular complexity index is 287. The van der Waals surface area contributed by atoms with Crippen molar-refractivity contribution in [1.82, 2.24) is 0 Å². The fourth-order valence-electron chi connectivity index (χ4n) is 4.38. The Hall–Kier alpha value is -0.260. The summed E-state index contributed by atoms with van der Waals surface area (Å²) >= 11 is 0. The van der Waals surface area contributed by atoms with Crippen molar-refractivity contribution in [2.75, 3.05) is 0 Å². The molecule has 0 aromatic rings. The van der Waals surface area contributed by atoms with Gasteiger partial charge in [-0.25, -0.2) is 0 Å². The van der Waals surface area contributed by atoms with Crippen LogP contribution in [-0.4, -0.2) is 0 Å². The molecule has 0 N–H and O–H groups in total. The fraction of sp³-hybridized carbons (Fsp3) is 0.818. The highest BCUT2D eigenvalue weighted by Gasteiger charge is 2.30. The van der Waals surface area contributed by atoms with Gasteiger partial charge in [-0.05, 0) is 87.9 Å². The highest BCUT2D eigenvalue weighted by atomic mass is 14.4. The third kappa shape index (κ3) is 6.09. The molecule has 2 radical (unpaired) electrons. The summed E-state index contributed by atoms with van der Waals surface area (Å²) in [4.78, 5) is 0. The van der Waals surface area contributed by atoms with Crippen LogP contribution in [0.3, 0.4) is 0 Å². The molecule has 2 fully saturated rings. The maximum absolute atomic E-state index is 2.51. The van der Waals surface area contributed by atoms with Crippen LogP contribution in [0, 0.1) is 23.7 Å². The van der Waals surface area contributed by atoms with Crippen LogP contribution in [0.4, 0.5) is 0 Å². The van der Waals surface area contributed by atoms with E-state index in [0.717, 1.165) is 11.8 Å². The van der Waals surface area contributed by atoms with E-state index in [9.17, 15) is 0 Å². The van der Waals surface area contributed by atoms with Crippen LogP contribution in [-0.2, 0) is 0 Å². The van der Waals surface area contributed by atoms with E-state index in [4.69, 9.17) is 0 Å². The zero-order chi connectivity index (χ0) is 15.6. The second-order valence-electron chi connectivity index (χ2n) is 7.69. The van der Waals surface area contributed by atoms with Crippen LogP contribution in [0.15, 0.2) is 12.2 Å². The summed E-state index contributed by atoms with van der Waals surface area (Å²) in [5.74, 6) is 5.69. The van der Waals surface area contributed by atoms with E-state index >= 15 is 0 Å². The molecule has 0 amide bonds. The Kier molecular flexibility index (Phi) is 8.63. The minimum atomic E-state index is 0.884. The highest BCUT2D eigenvalue weighted by molar-refractivity contribution is 5.07. The largest absolute Gasteiger partial charge is 0.0883 e. The maximum atomic E-state index is 2.51. The van der Waals surface area contributed by atoms with Gasteiger partial charge < -0.3 is 0 Å². The molecule has 0 heteroatoms. The summed E-state index contributed by atoms with van der Waals surface area (Å²) < 4.78 is 0. The summed E-state index contributed by atoms with van der Waals surface area (Å²) in [6.07, 6.45) is 24.7. The smallest absolute Gasteiger partial charge is 0.0210 e. The van der Waals surface area contributed by atoms with E-state index in [0.29, 0.717) is 0 Å². The molecule has 0 aliphatic heterocycles. The van der Waals surface area contributed by atoms with Crippen LogP contribution < -0.4 is 0 Å². The van der Waals surface area contributed by atoms with Gasteiger partial charge in [-0.3, -0.25) is 0 Å². The number of unbranched alkanes of at least 4 members (excludes halogenated alkanes) is 3. The normalized spacial score (nSPS) is 23.5. The summed E-state index contributed by atoms with van der Waals surface area (Å²) in [5, 5.41) is 0. The van der Waals surface area contributed by atoms with E-state index in [1.807, 2.05) is 11.8 Å². The number of hydrogen-bond donors (Lipinski definition) is 0. The van der Waals surface area contributed by atoms with Crippen molar-refractivity contribution in [1.29, 1.82) is 0 Å². The molecule has 2 rings (SSSR count). The lowest BCUT2D eigenvalue weighted by Crippen LogP contribution is -2.23. The van der Waals surface area contributed by atoms with Crippen molar-refractivity contribution in [2.24, 2.45) is 11.8 Å². The average molecular weight is 303 g/mol. The first kappa shape index (κ1) is 18.1. The SMILES string of the molecule is CCC/C=C/C1CC[C](C2CC[C](CCCCC)CC2)CC1. The molecule has 22 heavy (non-hydrogen) atoms. The molecule has 126 valence electrons. The van der Waals surface area contributed by atoms with Crippen LogP contribution in [0.5, 0.6) is 0 Å². The van der Waals surface area contributed by atoms with Crippen molar-refractivity contribution in [3.8, 4) is 0 Å². The molecular formula is C22H38. The predicted molar refractivity (Wildman–Crippen MR) is 98.6 cm³/mol. The minimum Gasteiger partial charge on any atom is -0.0883 e. The Morgan fingerprint density at radius 1 is 0.864 bits per heavy atom. The lowest BCUT2D eigenvalue weighted by molar-refractivity contribution is 0.309. The Balaban J connectivity index is 1.62. The molecule has 0 saturated heterocycles. The number of hydrogen-bond acceptors (Lipinski definition) is 0. The van der Waals surface area contributed by atoms with Crippen molar-refractivity contribution in [2.45, 2.75) is 104 Å². The van der Waals surface area contributed by atoms with Gasteiger partial charge in [-0.1, -0.05) is 51.7 Å². The Morgan fingerprint density at radius 3 is 2.23 bits per heavy atom. The predicted octanol–water partition coefficient (Wildman–Crippen LogP) is 7.45. The topological polar surface area (TPSA) is 0 Å². The maximum Gasteiger partial charge on any atom is -0.0210 e. The average Bonchev–Trinajstić information content (AvgIpc) is 2.57. The van der Waals surface area contributed by atoms with E-state index in [2.05, 4.69) is 26.0 Å². The lowest BCUT2D eigenvalue weighted by Gasteiger charge is -2.37. The number of allylic oxidation sites excluding steroid dienone is 2. The monoisotopic (exact) mass is 302 g/mol. The van der Waals surface area contributed by atoms with Gasteiger partial charge in [0.2, 0.25) is 0 Å². The van der Waals surface area contributed by atoms with Crippen molar-refractivity contribution < 1.29 is 0 Å². The van der Waals surface area contributed by atoms with Gasteiger partial charge in [0.25, 0.3) is 0 Å². The summed E-state index contributed by atoms with van der Waals surface area (Å²) in [7, 11) is 0. The molecule has 2 aliphatic rings. The van der Waals surface area contributed by atoms with E-state index in [1.54, 1.807) is 0 Å². The van der Waals surface area contributed by atoms with Gasteiger partial charge in [0.15, 0.2) is 0 Å². The molecule has 0 aromatic carbocycles. The minimum absolute atomic E-state index is 0.884. The van der Waals surface area contributed by atoms with Crippen LogP contribution in [0.2, 0.25) is 0 Å². The summed E-state index contributed by atoms with van der Waals surface area (Å²) in [6.45, 7) is 4.58. The molecule has 0 nitrogen and oxygen atoms in total. The molecule has 0 aromatic heterocycles. The standard InChI is InChI=1S/C22H38/c1-3-5-7-9-19-11-15-21(16-12-19)22-17-13-20(14-18-22)10-8-6-4-2/h7,9,19,22H,3-6,8,10-18H2,1-2H3/b9-7+. The lowest BCUT2D eigenvalue weighted by atomic mass is 9.68. The molecule has 0 heterocycles. The summed E-state index contributed by atoms with van der Waals surface area (Å²) in [6, 6.07) is 0. The molecule has 0 atom stereocenters. The fourth-order valence-corrected chi connectivity index (χ4v) is 4.38. The van der Waals surface area contributed by atoms with Crippen LogP contribution >= 0.6 is 0 Å². The van der Waals surface area contributed by atoms with Gasteiger partial charge in [0, 0.05) is 0 Å². The molecular weight excluding hydrogens is 264 g/mol. The van der Waals surface area contributed by atoms with Gasteiger partial charge in [0.05, 0.1) is 0 Å². The highest BCUT2D eigenvalue weighted by Crippen LogP contribution is 2.44. The van der Waals surface area contributed by atoms with Gasteiger partial charge >= 0.3 is 0 Å². The first-order valence-electron chi connectivity index (χ1n) is 10.2. The zero-order valence-corrected chi connectivity index (χ0v) is 15.2. The molecule has 2 aliphatic carbocycles. The van der Waals surface area contributed by atoms with Crippen molar-refractivity contribution in [3.05, 3.63) is 24.0 Å². The van der Waals surface area contributed by atoms with Crippen molar-refractivity contribution in [3.63, 3.8) is 0 Å². The Labute approximate surface area is 140 Å². The second-order valence-corrected chi connectivity index (χ2v) is 7.69. The van der Waals surface area contributed by atoms with Gasteiger partial charge in [-0.15, -0.1) is 0 Å². The molecule has 2 saturated carbocycles. The zero-order valence-electron chi connectivity index (χ0n) is 15.2. The molecule has 0 bridgehead atoms. The van der Waals surface area contributed by atoms with E-state index in [-0.39, 0.29) is 0 Å². The molecule has 0 unspecified atom stereocenters. The summed E-state index contributed by atoms with van der Waals surface area (Å²) in [5.41, 5.74) is 0. The van der Waals surface area contributed by atoms with Gasteiger partial charge in [-0.2, -0.15) is 0 Å². The van der Waals surface area contributed by atoms with Crippen LogP contribution in [0.1, 0.15) is 104 Å². The number of rotatable bonds is 8.